The second-order valence-electron chi connectivity index (χ2n) is 12.6. The highest BCUT2D eigenvalue weighted by Gasteiger charge is 2.08. The number of ether oxygens (including phenoxy) is 2. The summed E-state index contributed by atoms with van der Waals surface area (Å²) in [5.74, 6) is 1.81. The molecule has 0 saturated heterocycles. The fourth-order valence-electron chi connectivity index (χ4n) is 5.19. The fraction of sp³-hybridized carbons (Fsp3) is 0.568. The summed E-state index contributed by atoms with van der Waals surface area (Å²) in [6, 6.07) is 20.2. The Morgan fingerprint density at radius 3 is 1.76 bits per heavy atom. The highest BCUT2D eigenvalue weighted by atomic mass is 16.5. The van der Waals surface area contributed by atoms with Crippen LogP contribution in [0.1, 0.15) is 96.8 Å². The van der Waals surface area contributed by atoms with Crippen molar-refractivity contribution >= 4 is 22.1 Å². The second-order valence-corrected chi connectivity index (χ2v) is 12.6. The Balaban J connectivity index is 1.39. The van der Waals surface area contributed by atoms with Crippen LogP contribution in [0.3, 0.4) is 0 Å². The van der Waals surface area contributed by atoms with E-state index in [9.17, 15) is 0 Å². The van der Waals surface area contributed by atoms with Crippen molar-refractivity contribution in [1.29, 1.82) is 0 Å². The summed E-state index contributed by atoms with van der Waals surface area (Å²) in [6.45, 7) is 5.01. The van der Waals surface area contributed by atoms with E-state index in [2.05, 4.69) is 56.5 Å². The van der Waals surface area contributed by atoms with E-state index < -0.39 is 0 Å². The molecule has 0 amide bonds. The first kappa shape index (κ1) is 33.6. The van der Waals surface area contributed by atoms with Crippen LogP contribution in [-0.4, -0.2) is 45.4 Å². The molecule has 0 saturated carbocycles. The van der Waals surface area contributed by atoms with Gasteiger partial charge in [0.1, 0.15) is 11.5 Å². The van der Waals surface area contributed by atoms with Crippen LogP contribution in [0.25, 0.3) is 10.8 Å². The molecule has 3 aromatic rings. The van der Waals surface area contributed by atoms with E-state index >= 15 is 0 Å². The Bertz CT molecular complexity index is 1170. The van der Waals surface area contributed by atoms with E-state index in [1.807, 2.05) is 42.5 Å². The number of rotatable bonds is 22. The zero-order chi connectivity index (χ0) is 29.9. The minimum atomic E-state index is 0.739. The Labute approximate surface area is 255 Å². The quantitative estimate of drug-likeness (QED) is 0.0680. The van der Waals surface area contributed by atoms with Gasteiger partial charge in [-0.2, -0.15) is 5.11 Å². The van der Waals surface area contributed by atoms with Gasteiger partial charge in [-0.25, -0.2) is 0 Å². The van der Waals surface area contributed by atoms with Crippen molar-refractivity contribution in [2.45, 2.75) is 96.8 Å². The number of quaternary nitrogens is 1. The molecule has 230 valence electrons. The summed E-state index contributed by atoms with van der Waals surface area (Å²) in [6.07, 6.45) is 18.1. The lowest BCUT2D eigenvalue weighted by atomic mass is 10.1. The van der Waals surface area contributed by atoms with Crippen LogP contribution in [0.4, 0.5) is 11.4 Å². The molecule has 0 N–H and O–H groups in total. The largest absolute Gasteiger partial charge is 0.494 e. The third-order valence-electron chi connectivity index (χ3n) is 7.72. The first-order valence-electron chi connectivity index (χ1n) is 16.6. The fourth-order valence-corrected chi connectivity index (χ4v) is 5.19. The van der Waals surface area contributed by atoms with Crippen molar-refractivity contribution in [1.82, 2.24) is 0 Å². The van der Waals surface area contributed by atoms with Crippen LogP contribution in [-0.2, 0) is 0 Å². The average Bonchev–Trinajstić information content (AvgIpc) is 2.99. The van der Waals surface area contributed by atoms with Crippen LogP contribution in [0.5, 0.6) is 11.5 Å². The summed E-state index contributed by atoms with van der Waals surface area (Å²) in [7, 11) is 6.76. The second kappa shape index (κ2) is 19.3. The van der Waals surface area contributed by atoms with Crippen molar-refractivity contribution in [3.05, 3.63) is 60.7 Å². The Hall–Kier alpha value is -2.92. The summed E-state index contributed by atoms with van der Waals surface area (Å²) < 4.78 is 13.2. The summed E-state index contributed by atoms with van der Waals surface area (Å²) >= 11 is 0. The van der Waals surface area contributed by atoms with Crippen LogP contribution >= 0.6 is 0 Å². The third-order valence-corrected chi connectivity index (χ3v) is 7.72. The predicted octanol–water partition coefficient (Wildman–Crippen LogP) is 11.2. The minimum absolute atomic E-state index is 0.739. The predicted molar refractivity (Wildman–Crippen MR) is 179 cm³/mol. The molecule has 3 rings (SSSR count). The number of hydrogen-bond donors (Lipinski definition) is 0. The van der Waals surface area contributed by atoms with Gasteiger partial charge in [-0.05, 0) is 68.5 Å². The maximum Gasteiger partial charge on any atom is 0.127 e. The molecule has 0 unspecified atom stereocenters. The smallest absolute Gasteiger partial charge is 0.127 e. The molecule has 0 aromatic heterocycles. The van der Waals surface area contributed by atoms with Crippen molar-refractivity contribution in [3.63, 3.8) is 0 Å². The van der Waals surface area contributed by atoms with Gasteiger partial charge in [0.25, 0.3) is 0 Å². The highest BCUT2D eigenvalue weighted by Crippen LogP contribution is 2.34. The van der Waals surface area contributed by atoms with Gasteiger partial charge >= 0.3 is 0 Å². The molecule has 0 bridgehead atoms. The molecule has 0 spiro atoms. The van der Waals surface area contributed by atoms with E-state index in [1.54, 1.807) is 0 Å². The van der Waals surface area contributed by atoms with Crippen LogP contribution in [0.15, 0.2) is 70.9 Å². The number of benzene rings is 3. The first-order valence-corrected chi connectivity index (χ1v) is 16.6. The Kier molecular flexibility index (Phi) is 15.4. The first-order chi connectivity index (χ1) is 20.5. The van der Waals surface area contributed by atoms with Gasteiger partial charge in [0, 0.05) is 10.8 Å². The van der Waals surface area contributed by atoms with Gasteiger partial charge in [-0.3, -0.25) is 0 Å². The summed E-state index contributed by atoms with van der Waals surface area (Å²) in [4.78, 5) is 0. The molecule has 0 atom stereocenters. The number of nitrogens with zero attached hydrogens (tertiary/aromatic N) is 3. The molecule has 3 aromatic carbocycles. The average molecular weight is 575 g/mol. The van der Waals surface area contributed by atoms with E-state index in [0.29, 0.717) is 0 Å². The summed E-state index contributed by atoms with van der Waals surface area (Å²) in [5, 5.41) is 11.2. The molecule has 0 aliphatic rings. The lowest BCUT2D eigenvalue weighted by Gasteiger charge is -2.23. The lowest BCUT2D eigenvalue weighted by molar-refractivity contribution is -0.870. The zero-order valence-corrected chi connectivity index (χ0v) is 27.0. The topological polar surface area (TPSA) is 43.2 Å². The number of unbranched alkanes of at least 4 members (excludes halogenated alkanes) is 12. The molecule has 0 heterocycles. The maximum absolute atomic E-state index is 6.19. The van der Waals surface area contributed by atoms with Crippen molar-refractivity contribution < 1.29 is 14.0 Å². The number of hydrogen-bond acceptors (Lipinski definition) is 4. The van der Waals surface area contributed by atoms with E-state index in [0.717, 1.165) is 64.2 Å². The van der Waals surface area contributed by atoms with Crippen LogP contribution in [0.2, 0.25) is 0 Å². The molecule has 42 heavy (non-hydrogen) atoms. The lowest BCUT2D eigenvalue weighted by Crippen LogP contribution is -2.35. The Morgan fingerprint density at radius 2 is 1.12 bits per heavy atom. The zero-order valence-electron chi connectivity index (χ0n) is 27.0. The Morgan fingerprint density at radius 1 is 0.548 bits per heavy atom. The maximum atomic E-state index is 6.19. The molecular weight excluding hydrogens is 518 g/mol. The van der Waals surface area contributed by atoms with Gasteiger partial charge in [0.15, 0.2) is 0 Å². The van der Waals surface area contributed by atoms with Gasteiger partial charge in [0.05, 0.1) is 52.3 Å². The van der Waals surface area contributed by atoms with E-state index in [-0.39, 0.29) is 0 Å². The molecule has 0 radical (unpaired) electrons. The SMILES string of the molecule is CCCCCCCCCCCCOc1ccc(N=Nc2ccc(OCCCCCC[N+](C)(C)C)c3ccccc23)cc1. The van der Waals surface area contributed by atoms with Crippen molar-refractivity contribution in [3.8, 4) is 11.5 Å². The van der Waals surface area contributed by atoms with Gasteiger partial charge in [0.2, 0.25) is 0 Å². The van der Waals surface area contributed by atoms with Crippen LogP contribution in [0, 0.1) is 0 Å². The number of azo groups is 1. The van der Waals surface area contributed by atoms with E-state index in [1.165, 1.54) is 83.6 Å². The molecule has 0 fully saturated rings. The molecule has 5 nitrogen and oxygen atoms in total. The third kappa shape index (κ3) is 13.4. The van der Waals surface area contributed by atoms with Gasteiger partial charge < -0.3 is 14.0 Å². The van der Waals surface area contributed by atoms with Crippen LogP contribution < -0.4 is 9.47 Å². The highest BCUT2D eigenvalue weighted by molar-refractivity contribution is 5.96. The molecule has 0 aliphatic heterocycles. The molecular formula is C37H56N3O2+. The molecule has 5 heteroatoms. The molecule has 0 aliphatic carbocycles. The minimum Gasteiger partial charge on any atom is -0.494 e. The van der Waals surface area contributed by atoms with Crippen molar-refractivity contribution in [2.24, 2.45) is 10.2 Å². The van der Waals surface area contributed by atoms with Crippen molar-refractivity contribution in [2.75, 3.05) is 40.9 Å². The normalized spacial score (nSPS) is 11.9. The van der Waals surface area contributed by atoms with Gasteiger partial charge in [-0.1, -0.05) is 89.0 Å². The summed E-state index contributed by atoms with van der Waals surface area (Å²) in [5.41, 5.74) is 1.66. The standard InChI is InChI=1S/C37H56N3O2/c1-5-6-7-8-9-10-11-12-14-19-30-41-33-25-23-32(24-26-33)38-39-36-27-28-37(35-22-17-16-21-34(35)36)42-31-20-15-13-18-29-40(2,3)4/h16-17,21-28H,5-15,18-20,29-31H2,1-4H3/q+1. The van der Waals surface area contributed by atoms with E-state index in [4.69, 9.17) is 9.47 Å². The van der Waals surface area contributed by atoms with Gasteiger partial charge in [-0.15, -0.1) is 5.11 Å². The monoisotopic (exact) mass is 574 g/mol. The number of fused-ring (bicyclic) bond motifs is 1.